The van der Waals surface area contributed by atoms with Crippen LogP contribution in [0.2, 0.25) is 0 Å². The fraction of sp³-hybridized carbons (Fsp3) is 0.500. The first-order valence-corrected chi connectivity index (χ1v) is 5.40. The number of nitrogens with zero attached hydrogens (tertiary/aromatic N) is 3. The Balaban J connectivity index is 2.24. The Morgan fingerprint density at radius 2 is 2.24 bits per heavy atom. The molecule has 92 valence electrons. The summed E-state index contributed by atoms with van der Waals surface area (Å²) in [6, 6.07) is 3.10. The minimum atomic E-state index is -0.537. The lowest BCUT2D eigenvalue weighted by Crippen LogP contribution is -2.28. The van der Waals surface area contributed by atoms with E-state index in [0.717, 1.165) is 6.54 Å². The molecule has 1 aromatic heterocycles. The Morgan fingerprint density at radius 1 is 1.53 bits per heavy atom. The lowest BCUT2D eigenvalue weighted by atomic mass is 10.1. The van der Waals surface area contributed by atoms with Crippen molar-refractivity contribution in [2.45, 2.75) is 13.0 Å². The van der Waals surface area contributed by atoms with Gasteiger partial charge in [-0.3, -0.25) is 10.1 Å². The van der Waals surface area contributed by atoms with Gasteiger partial charge in [0.15, 0.2) is 0 Å². The van der Waals surface area contributed by atoms with Gasteiger partial charge < -0.3 is 16.4 Å². The van der Waals surface area contributed by atoms with Crippen molar-refractivity contribution in [3.05, 3.63) is 22.2 Å². The summed E-state index contributed by atoms with van der Waals surface area (Å²) >= 11 is 0. The van der Waals surface area contributed by atoms with Crippen molar-refractivity contribution in [3.63, 3.8) is 0 Å². The second-order valence-corrected chi connectivity index (χ2v) is 4.38. The minimum absolute atomic E-state index is 0.0550. The summed E-state index contributed by atoms with van der Waals surface area (Å²) in [6.07, 6.45) is 0. The molecule has 1 aliphatic rings. The van der Waals surface area contributed by atoms with Crippen LogP contribution in [0.1, 0.15) is 6.92 Å². The number of nitrogens with two attached hydrogens (primary N) is 2. The quantitative estimate of drug-likeness (QED) is 0.567. The molecule has 4 N–H and O–H groups in total. The largest absolute Gasteiger partial charge is 0.378 e. The van der Waals surface area contributed by atoms with Gasteiger partial charge in [0.2, 0.25) is 5.82 Å². The second kappa shape index (κ2) is 4.17. The van der Waals surface area contributed by atoms with E-state index in [4.69, 9.17) is 11.5 Å². The predicted octanol–water partition coefficient (Wildman–Crippen LogP) is 0.355. The summed E-state index contributed by atoms with van der Waals surface area (Å²) < 4.78 is 0. The van der Waals surface area contributed by atoms with Gasteiger partial charge in [-0.1, -0.05) is 6.92 Å². The van der Waals surface area contributed by atoms with E-state index < -0.39 is 4.92 Å². The van der Waals surface area contributed by atoms with E-state index in [1.165, 1.54) is 6.07 Å². The third-order valence-electron chi connectivity index (χ3n) is 3.08. The van der Waals surface area contributed by atoms with Gasteiger partial charge >= 0.3 is 5.69 Å². The smallest absolute Gasteiger partial charge is 0.311 e. The van der Waals surface area contributed by atoms with Crippen molar-refractivity contribution in [3.8, 4) is 0 Å². The summed E-state index contributed by atoms with van der Waals surface area (Å²) in [5, 5.41) is 10.6. The van der Waals surface area contributed by atoms with E-state index >= 15 is 0 Å². The monoisotopic (exact) mass is 237 g/mol. The molecule has 0 aliphatic carbocycles. The zero-order valence-corrected chi connectivity index (χ0v) is 9.54. The van der Waals surface area contributed by atoms with E-state index in [0.29, 0.717) is 18.3 Å². The lowest BCUT2D eigenvalue weighted by molar-refractivity contribution is -0.384. The zero-order chi connectivity index (χ0) is 12.6. The molecule has 0 radical (unpaired) electrons. The first-order chi connectivity index (χ1) is 7.99. The van der Waals surface area contributed by atoms with E-state index in [1.54, 1.807) is 6.07 Å². The Bertz CT molecular complexity index is 440. The number of nitrogen functional groups attached to an aromatic ring is 1. The maximum atomic E-state index is 10.6. The Kier molecular flexibility index (Phi) is 2.84. The number of anilines is 2. The molecular weight excluding hydrogens is 222 g/mol. The topological polar surface area (TPSA) is 111 Å². The van der Waals surface area contributed by atoms with Crippen LogP contribution in [0.5, 0.6) is 0 Å². The van der Waals surface area contributed by atoms with E-state index in [1.807, 2.05) is 4.90 Å². The van der Waals surface area contributed by atoms with Crippen molar-refractivity contribution < 1.29 is 4.92 Å². The van der Waals surface area contributed by atoms with Crippen LogP contribution >= 0.6 is 0 Å². The first-order valence-electron chi connectivity index (χ1n) is 5.40. The van der Waals surface area contributed by atoms with E-state index in [9.17, 15) is 10.1 Å². The van der Waals surface area contributed by atoms with Crippen LogP contribution in [-0.2, 0) is 0 Å². The SMILES string of the molecule is CC1CN(c2ccc([N+](=O)[O-])c(N)n2)CC1N. The summed E-state index contributed by atoms with van der Waals surface area (Å²) in [5.74, 6) is 0.974. The van der Waals surface area contributed by atoms with Crippen LogP contribution in [0.15, 0.2) is 12.1 Å². The molecule has 1 aromatic rings. The third kappa shape index (κ3) is 2.14. The average Bonchev–Trinajstić information content (AvgIpc) is 2.58. The van der Waals surface area contributed by atoms with Crippen LogP contribution in [0.3, 0.4) is 0 Å². The fourth-order valence-corrected chi connectivity index (χ4v) is 1.97. The number of hydrogen-bond acceptors (Lipinski definition) is 6. The Labute approximate surface area is 98.6 Å². The summed E-state index contributed by atoms with van der Waals surface area (Å²) in [5.41, 5.74) is 11.3. The van der Waals surface area contributed by atoms with Gasteiger partial charge in [-0.05, 0) is 12.0 Å². The number of nitro groups is 1. The van der Waals surface area contributed by atoms with Crippen LogP contribution in [-0.4, -0.2) is 29.0 Å². The van der Waals surface area contributed by atoms with Gasteiger partial charge in [-0.25, -0.2) is 4.98 Å². The maximum absolute atomic E-state index is 10.6. The van der Waals surface area contributed by atoms with Crippen molar-refractivity contribution in [2.24, 2.45) is 11.7 Å². The van der Waals surface area contributed by atoms with Gasteiger partial charge in [-0.15, -0.1) is 0 Å². The molecule has 1 saturated heterocycles. The highest BCUT2D eigenvalue weighted by molar-refractivity contribution is 5.58. The highest BCUT2D eigenvalue weighted by atomic mass is 16.6. The van der Waals surface area contributed by atoms with Gasteiger partial charge in [0.05, 0.1) is 4.92 Å². The molecule has 0 bridgehead atoms. The molecule has 0 amide bonds. The number of hydrogen-bond donors (Lipinski definition) is 2. The van der Waals surface area contributed by atoms with Gasteiger partial charge in [0.25, 0.3) is 0 Å². The average molecular weight is 237 g/mol. The molecular formula is C10H15N5O2. The molecule has 7 nitrogen and oxygen atoms in total. The highest BCUT2D eigenvalue weighted by Gasteiger charge is 2.28. The Morgan fingerprint density at radius 3 is 2.71 bits per heavy atom. The van der Waals surface area contributed by atoms with E-state index in [-0.39, 0.29) is 17.5 Å². The van der Waals surface area contributed by atoms with Gasteiger partial charge in [-0.2, -0.15) is 0 Å². The van der Waals surface area contributed by atoms with Crippen molar-refractivity contribution in [1.82, 2.24) is 4.98 Å². The number of pyridine rings is 1. The standard InChI is InChI=1S/C10H15N5O2/c1-6-4-14(5-7(6)11)9-3-2-8(15(16)17)10(12)13-9/h2-3,6-7H,4-5,11H2,1H3,(H2,12,13). The Hall–Kier alpha value is -1.89. The molecule has 2 rings (SSSR count). The van der Waals surface area contributed by atoms with E-state index in [2.05, 4.69) is 11.9 Å². The van der Waals surface area contributed by atoms with Crippen LogP contribution in [0.25, 0.3) is 0 Å². The number of rotatable bonds is 2. The molecule has 0 saturated carbocycles. The van der Waals surface area contributed by atoms with Crippen LogP contribution in [0.4, 0.5) is 17.3 Å². The van der Waals surface area contributed by atoms with Crippen molar-refractivity contribution in [1.29, 1.82) is 0 Å². The zero-order valence-electron chi connectivity index (χ0n) is 9.54. The molecule has 2 heterocycles. The molecule has 7 heteroatoms. The molecule has 1 fully saturated rings. The van der Waals surface area contributed by atoms with Crippen molar-refractivity contribution >= 4 is 17.3 Å². The summed E-state index contributed by atoms with van der Waals surface area (Å²) in [6.45, 7) is 3.57. The van der Waals surface area contributed by atoms with Crippen LogP contribution in [0, 0.1) is 16.0 Å². The molecule has 0 spiro atoms. The normalized spacial score (nSPS) is 24.0. The summed E-state index contributed by atoms with van der Waals surface area (Å²) in [7, 11) is 0. The maximum Gasteiger partial charge on any atom is 0.311 e. The van der Waals surface area contributed by atoms with Gasteiger partial charge in [0.1, 0.15) is 5.82 Å². The highest BCUT2D eigenvalue weighted by Crippen LogP contribution is 2.26. The second-order valence-electron chi connectivity index (χ2n) is 4.38. The van der Waals surface area contributed by atoms with Crippen LogP contribution < -0.4 is 16.4 Å². The summed E-state index contributed by atoms with van der Waals surface area (Å²) in [4.78, 5) is 16.1. The molecule has 2 atom stereocenters. The molecule has 17 heavy (non-hydrogen) atoms. The molecule has 0 aromatic carbocycles. The minimum Gasteiger partial charge on any atom is -0.378 e. The lowest BCUT2D eigenvalue weighted by Gasteiger charge is -2.16. The fourth-order valence-electron chi connectivity index (χ4n) is 1.97. The number of aromatic nitrogens is 1. The van der Waals surface area contributed by atoms with Crippen molar-refractivity contribution in [2.75, 3.05) is 23.7 Å². The third-order valence-corrected chi connectivity index (χ3v) is 3.08. The van der Waals surface area contributed by atoms with Gasteiger partial charge in [0, 0.05) is 25.2 Å². The molecule has 2 unspecified atom stereocenters. The molecule has 1 aliphatic heterocycles. The predicted molar refractivity (Wildman–Crippen MR) is 64.7 cm³/mol. The first kappa shape index (κ1) is 11.6.